The molecule has 1 aliphatic carbocycles. The summed E-state index contributed by atoms with van der Waals surface area (Å²) in [6.07, 6.45) is 6.87. The second-order valence-corrected chi connectivity index (χ2v) is 9.48. The number of hydrogen-bond acceptors (Lipinski definition) is 5. The number of aromatic nitrogens is 5. The zero-order chi connectivity index (χ0) is 25.3. The largest absolute Gasteiger partial charge is 0.364 e. The molecule has 10 heteroatoms. The second-order valence-electron chi connectivity index (χ2n) is 9.48. The fraction of sp³-hybridized carbons (Fsp3) is 0.480. The lowest BCUT2D eigenvalue weighted by molar-refractivity contribution is -0.119. The minimum atomic E-state index is -0.589. The summed E-state index contributed by atoms with van der Waals surface area (Å²) in [6, 6.07) is 2.88. The third-order valence-corrected chi connectivity index (χ3v) is 6.94. The number of carbonyl (C=O) groups excluding carboxylic acids is 2. The summed E-state index contributed by atoms with van der Waals surface area (Å²) >= 11 is 0. The summed E-state index contributed by atoms with van der Waals surface area (Å²) in [5.41, 5.74) is 8.13. The molecular weight excluding hydrogens is 449 g/mol. The number of halogens is 1. The maximum atomic E-state index is 15.0. The molecule has 3 aromatic heterocycles. The SMILES string of the molecule is CCn1nc(C(C(=O)Nc2cnc(-c3c(C)cnn3C)c(F)c2)C2CCC(C)CC2)cc1C(N)=O. The van der Waals surface area contributed by atoms with Crippen molar-refractivity contribution in [3.05, 3.63) is 47.3 Å². The monoisotopic (exact) mass is 481 g/mol. The zero-order valence-electron chi connectivity index (χ0n) is 20.6. The number of hydrogen-bond donors (Lipinski definition) is 2. The number of nitrogens with zero attached hydrogens (tertiary/aromatic N) is 5. The summed E-state index contributed by atoms with van der Waals surface area (Å²) in [5, 5.41) is 11.5. The second kappa shape index (κ2) is 9.97. The van der Waals surface area contributed by atoms with Crippen molar-refractivity contribution in [1.82, 2.24) is 24.5 Å². The van der Waals surface area contributed by atoms with E-state index in [4.69, 9.17) is 5.73 Å². The van der Waals surface area contributed by atoms with Crippen LogP contribution in [0.1, 0.15) is 67.2 Å². The molecule has 3 heterocycles. The van der Waals surface area contributed by atoms with Gasteiger partial charge in [0.25, 0.3) is 5.91 Å². The number of rotatable bonds is 7. The molecule has 2 amide bonds. The van der Waals surface area contributed by atoms with Crippen molar-refractivity contribution in [2.45, 2.75) is 58.9 Å². The van der Waals surface area contributed by atoms with E-state index in [1.807, 2.05) is 13.8 Å². The maximum absolute atomic E-state index is 15.0. The Morgan fingerprint density at radius 3 is 2.49 bits per heavy atom. The van der Waals surface area contributed by atoms with Crippen molar-refractivity contribution < 1.29 is 14.0 Å². The number of nitrogens with two attached hydrogens (primary N) is 1. The molecule has 0 saturated heterocycles. The van der Waals surface area contributed by atoms with Gasteiger partial charge in [-0.2, -0.15) is 10.2 Å². The first-order chi connectivity index (χ1) is 16.7. The Morgan fingerprint density at radius 1 is 1.23 bits per heavy atom. The molecule has 0 bridgehead atoms. The van der Waals surface area contributed by atoms with E-state index in [0.717, 1.165) is 31.2 Å². The van der Waals surface area contributed by atoms with Crippen LogP contribution in [-0.2, 0) is 18.4 Å². The molecule has 3 aromatic rings. The van der Waals surface area contributed by atoms with Crippen molar-refractivity contribution in [3.63, 3.8) is 0 Å². The molecule has 1 unspecified atom stereocenters. The van der Waals surface area contributed by atoms with Gasteiger partial charge in [-0.1, -0.05) is 19.8 Å². The quantitative estimate of drug-likeness (QED) is 0.532. The zero-order valence-corrected chi connectivity index (χ0v) is 20.6. The number of primary amides is 1. The predicted molar refractivity (Wildman–Crippen MR) is 130 cm³/mol. The van der Waals surface area contributed by atoms with Gasteiger partial charge in [-0.3, -0.25) is 19.0 Å². The molecule has 1 fully saturated rings. The first-order valence-electron chi connectivity index (χ1n) is 12.0. The number of aryl methyl sites for hydroxylation is 3. The van der Waals surface area contributed by atoms with Gasteiger partial charge in [0.2, 0.25) is 5.91 Å². The van der Waals surface area contributed by atoms with Gasteiger partial charge in [0, 0.05) is 19.7 Å². The van der Waals surface area contributed by atoms with Crippen molar-refractivity contribution in [1.29, 1.82) is 0 Å². The molecule has 35 heavy (non-hydrogen) atoms. The standard InChI is InChI=1S/C25H32FN7O2/c1-5-33-20(24(27)34)11-19(31-33)21(16-8-6-14(2)7-9-16)25(35)30-17-10-18(26)22(28-13-17)23-15(3)12-29-32(23)4/h10-14,16,21H,5-9H2,1-4H3,(H2,27,34)(H,30,35). The topological polar surface area (TPSA) is 121 Å². The van der Waals surface area contributed by atoms with E-state index in [2.05, 4.69) is 27.4 Å². The number of anilines is 1. The van der Waals surface area contributed by atoms with E-state index >= 15 is 4.39 Å². The van der Waals surface area contributed by atoms with Gasteiger partial charge >= 0.3 is 0 Å². The van der Waals surface area contributed by atoms with Crippen LogP contribution in [-0.4, -0.2) is 36.4 Å². The molecule has 4 rings (SSSR count). The van der Waals surface area contributed by atoms with E-state index in [-0.39, 0.29) is 28.9 Å². The van der Waals surface area contributed by atoms with Gasteiger partial charge in [-0.05, 0) is 50.2 Å². The average molecular weight is 482 g/mol. The van der Waals surface area contributed by atoms with Gasteiger partial charge in [0.15, 0.2) is 5.82 Å². The molecule has 1 atom stereocenters. The molecule has 0 aliphatic heterocycles. The van der Waals surface area contributed by atoms with Crippen molar-refractivity contribution in [2.24, 2.45) is 24.6 Å². The van der Waals surface area contributed by atoms with Crippen LogP contribution in [0.5, 0.6) is 0 Å². The van der Waals surface area contributed by atoms with Gasteiger partial charge in [-0.25, -0.2) is 9.37 Å². The Bertz CT molecular complexity index is 1220. The Hall–Kier alpha value is -3.56. The molecule has 1 saturated carbocycles. The molecular formula is C25H32FN7O2. The van der Waals surface area contributed by atoms with Crippen molar-refractivity contribution in [3.8, 4) is 11.4 Å². The highest BCUT2D eigenvalue weighted by atomic mass is 19.1. The molecule has 9 nitrogen and oxygen atoms in total. The van der Waals surface area contributed by atoms with E-state index in [0.29, 0.717) is 23.9 Å². The highest BCUT2D eigenvalue weighted by Crippen LogP contribution is 2.39. The normalized spacial score (nSPS) is 18.9. The summed E-state index contributed by atoms with van der Waals surface area (Å²) in [7, 11) is 1.73. The summed E-state index contributed by atoms with van der Waals surface area (Å²) in [6.45, 7) is 6.37. The summed E-state index contributed by atoms with van der Waals surface area (Å²) < 4.78 is 18.1. The molecule has 3 N–H and O–H groups in total. The Morgan fingerprint density at radius 2 is 1.94 bits per heavy atom. The van der Waals surface area contributed by atoms with Crippen LogP contribution >= 0.6 is 0 Å². The van der Waals surface area contributed by atoms with Crippen LogP contribution in [0.25, 0.3) is 11.4 Å². The van der Waals surface area contributed by atoms with Crippen LogP contribution < -0.4 is 11.1 Å². The van der Waals surface area contributed by atoms with Crippen LogP contribution in [0.3, 0.4) is 0 Å². The molecule has 186 valence electrons. The Labute approximate surface area is 203 Å². The molecule has 0 spiro atoms. The lowest BCUT2D eigenvalue weighted by atomic mass is 9.75. The van der Waals surface area contributed by atoms with E-state index < -0.39 is 17.6 Å². The van der Waals surface area contributed by atoms with Crippen LogP contribution in [0.2, 0.25) is 0 Å². The minimum Gasteiger partial charge on any atom is -0.364 e. The number of pyridine rings is 1. The predicted octanol–water partition coefficient (Wildman–Crippen LogP) is 3.79. The molecule has 0 radical (unpaired) electrons. The maximum Gasteiger partial charge on any atom is 0.266 e. The number of amides is 2. The summed E-state index contributed by atoms with van der Waals surface area (Å²) in [5.74, 6) is -1.37. The van der Waals surface area contributed by atoms with E-state index in [1.165, 1.54) is 16.9 Å². The Balaban J connectivity index is 1.64. The molecule has 1 aliphatic rings. The highest BCUT2D eigenvalue weighted by Gasteiger charge is 2.35. The number of carbonyl (C=O) groups is 2. The lowest BCUT2D eigenvalue weighted by Gasteiger charge is -2.31. The first-order valence-corrected chi connectivity index (χ1v) is 12.0. The van der Waals surface area contributed by atoms with Crippen LogP contribution in [0, 0.1) is 24.6 Å². The van der Waals surface area contributed by atoms with Crippen molar-refractivity contribution in [2.75, 3.05) is 5.32 Å². The minimum absolute atomic E-state index is 0.0568. The Kier molecular flexibility index (Phi) is 7.00. The summed E-state index contributed by atoms with van der Waals surface area (Å²) in [4.78, 5) is 29.8. The van der Waals surface area contributed by atoms with Crippen molar-refractivity contribution >= 4 is 17.5 Å². The third kappa shape index (κ3) is 4.96. The van der Waals surface area contributed by atoms with Crippen LogP contribution in [0.15, 0.2) is 24.5 Å². The van der Waals surface area contributed by atoms with Gasteiger partial charge in [-0.15, -0.1) is 0 Å². The van der Waals surface area contributed by atoms with E-state index in [1.54, 1.807) is 24.0 Å². The molecule has 0 aromatic carbocycles. The number of nitrogens with one attached hydrogen (secondary N) is 1. The van der Waals surface area contributed by atoms with E-state index in [9.17, 15) is 9.59 Å². The first kappa shape index (κ1) is 24.6. The smallest absolute Gasteiger partial charge is 0.266 e. The van der Waals surface area contributed by atoms with Gasteiger partial charge in [0.1, 0.15) is 11.4 Å². The third-order valence-electron chi connectivity index (χ3n) is 6.94. The van der Waals surface area contributed by atoms with Gasteiger partial charge in [0.05, 0.1) is 35.4 Å². The fourth-order valence-electron chi connectivity index (χ4n) is 5.03. The van der Waals surface area contributed by atoms with Crippen LogP contribution in [0.4, 0.5) is 10.1 Å². The highest BCUT2D eigenvalue weighted by molar-refractivity contribution is 5.97. The lowest BCUT2D eigenvalue weighted by Crippen LogP contribution is -2.30. The van der Waals surface area contributed by atoms with Gasteiger partial charge < -0.3 is 11.1 Å². The fourth-order valence-corrected chi connectivity index (χ4v) is 5.03. The average Bonchev–Trinajstić information content (AvgIpc) is 3.39.